The van der Waals surface area contributed by atoms with Crippen LogP contribution < -0.4 is 10.2 Å². The lowest BCUT2D eigenvalue weighted by molar-refractivity contribution is -0.107. The summed E-state index contributed by atoms with van der Waals surface area (Å²) in [5.74, 6) is 2.45. The summed E-state index contributed by atoms with van der Waals surface area (Å²) in [4.78, 5) is 23.7. The van der Waals surface area contributed by atoms with Gasteiger partial charge < -0.3 is 14.5 Å². The zero-order valence-electron chi connectivity index (χ0n) is 20.1. The van der Waals surface area contributed by atoms with E-state index in [9.17, 15) is 4.79 Å². The molecule has 0 aliphatic carbocycles. The van der Waals surface area contributed by atoms with Crippen LogP contribution in [0.2, 0.25) is 0 Å². The van der Waals surface area contributed by atoms with E-state index >= 15 is 0 Å². The number of hydrogen-bond donors (Lipinski definition) is 2. The molecule has 0 atom stereocenters. The van der Waals surface area contributed by atoms with Gasteiger partial charge >= 0.3 is 0 Å². The van der Waals surface area contributed by atoms with Crippen LogP contribution in [0.3, 0.4) is 0 Å². The number of methoxy groups -OCH3 is 1. The number of H-pyrrole nitrogens is 1. The van der Waals surface area contributed by atoms with Gasteiger partial charge in [-0.25, -0.2) is 9.98 Å². The third-order valence-corrected chi connectivity index (χ3v) is 6.19. The number of hydrazone groups is 1. The molecule has 7 heteroatoms. The molecule has 35 heavy (non-hydrogen) atoms. The van der Waals surface area contributed by atoms with Gasteiger partial charge in [0.1, 0.15) is 23.7 Å². The number of benzene rings is 3. The van der Waals surface area contributed by atoms with Gasteiger partial charge in [-0.3, -0.25) is 5.43 Å². The first-order valence-corrected chi connectivity index (χ1v) is 11.6. The second kappa shape index (κ2) is 9.54. The lowest BCUT2D eigenvalue weighted by Gasteiger charge is -2.10. The number of rotatable bonds is 7. The van der Waals surface area contributed by atoms with Crippen molar-refractivity contribution in [2.24, 2.45) is 10.1 Å². The fourth-order valence-electron chi connectivity index (χ4n) is 4.52. The number of aromatic amines is 1. The number of aldehydes is 1. The summed E-state index contributed by atoms with van der Waals surface area (Å²) in [6.07, 6.45) is 2.89. The number of nitrogens with zero attached hydrogens (tertiary/aromatic N) is 3. The molecule has 0 amide bonds. The molecule has 0 bridgehead atoms. The number of hydrogen-bond acceptors (Lipinski definition) is 5. The standard InChI is InChI=1S/C28H27N5O2/c1-17-13-19(5-4-12-34)14-18(2)27(17)28-30-23-11-6-20(15-25(23)31-28)24-16-26(33-32-24)29-21-7-9-22(35-3)10-8-21/h6-15H,4-5,16H2,1-3H3,(H,29,33)(H,30,31). The van der Waals surface area contributed by atoms with Crippen molar-refractivity contribution in [1.29, 1.82) is 0 Å². The van der Waals surface area contributed by atoms with Crippen molar-refractivity contribution in [1.82, 2.24) is 15.4 Å². The molecule has 1 aromatic heterocycles. The third-order valence-electron chi connectivity index (χ3n) is 6.19. The fraction of sp³-hybridized carbons (Fsp3) is 0.214. The molecule has 4 aromatic rings. The molecule has 2 heterocycles. The molecule has 3 aromatic carbocycles. The van der Waals surface area contributed by atoms with Crippen LogP contribution in [0.15, 0.2) is 64.7 Å². The number of aryl methyl sites for hydroxylation is 3. The van der Waals surface area contributed by atoms with Crippen LogP contribution >= 0.6 is 0 Å². The molecule has 0 fully saturated rings. The Hall–Kier alpha value is -4.26. The van der Waals surface area contributed by atoms with Crippen LogP contribution in [0.1, 0.15) is 35.1 Å². The molecule has 1 aliphatic rings. The van der Waals surface area contributed by atoms with Gasteiger partial charge in [-0.2, -0.15) is 5.10 Å². The van der Waals surface area contributed by atoms with Gasteiger partial charge in [0, 0.05) is 17.5 Å². The number of amidine groups is 1. The second-order valence-corrected chi connectivity index (χ2v) is 8.73. The lowest BCUT2D eigenvalue weighted by atomic mass is 9.97. The number of aliphatic imine (C=N–C) groups is 1. The summed E-state index contributed by atoms with van der Waals surface area (Å²) < 4.78 is 5.21. The van der Waals surface area contributed by atoms with E-state index in [-0.39, 0.29) is 0 Å². The number of nitrogens with one attached hydrogen (secondary N) is 2. The van der Waals surface area contributed by atoms with Gasteiger partial charge in [0.25, 0.3) is 0 Å². The summed E-state index contributed by atoms with van der Waals surface area (Å²) in [5, 5.41) is 4.50. The molecule has 176 valence electrons. The largest absolute Gasteiger partial charge is 0.497 e. The van der Waals surface area contributed by atoms with E-state index in [0.717, 1.165) is 74.8 Å². The van der Waals surface area contributed by atoms with Crippen LogP contribution in [0.4, 0.5) is 5.69 Å². The number of imidazole rings is 1. The highest BCUT2D eigenvalue weighted by atomic mass is 16.5. The number of fused-ring (bicyclic) bond motifs is 1. The topological polar surface area (TPSA) is 91.7 Å². The molecule has 2 N–H and O–H groups in total. The van der Waals surface area contributed by atoms with Crippen LogP contribution in [0, 0.1) is 13.8 Å². The van der Waals surface area contributed by atoms with E-state index in [1.54, 1.807) is 7.11 Å². The monoisotopic (exact) mass is 465 g/mol. The van der Waals surface area contributed by atoms with E-state index in [1.807, 2.05) is 36.4 Å². The second-order valence-electron chi connectivity index (χ2n) is 8.73. The average molecular weight is 466 g/mol. The van der Waals surface area contributed by atoms with Crippen LogP contribution in [-0.4, -0.2) is 34.9 Å². The predicted molar refractivity (Wildman–Crippen MR) is 140 cm³/mol. The van der Waals surface area contributed by atoms with Crippen LogP contribution in [0.5, 0.6) is 5.75 Å². The Morgan fingerprint density at radius 3 is 2.54 bits per heavy atom. The Morgan fingerprint density at radius 1 is 1.06 bits per heavy atom. The smallest absolute Gasteiger partial charge is 0.139 e. The molecule has 0 unspecified atom stereocenters. The molecule has 7 nitrogen and oxygen atoms in total. The summed E-state index contributed by atoms with van der Waals surface area (Å²) in [7, 11) is 1.65. The normalized spacial score (nSPS) is 14.3. The fourth-order valence-corrected chi connectivity index (χ4v) is 4.52. The van der Waals surface area contributed by atoms with Gasteiger partial charge in [0.05, 0.1) is 36.0 Å². The number of ether oxygens (including phenoxy) is 1. The van der Waals surface area contributed by atoms with Gasteiger partial charge in [0.2, 0.25) is 0 Å². The summed E-state index contributed by atoms with van der Waals surface area (Å²) in [6, 6.07) is 18.1. The molecule has 0 spiro atoms. The Morgan fingerprint density at radius 2 is 1.83 bits per heavy atom. The molecular weight excluding hydrogens is 438 g/mol. The Kier molecular flexibility index (Phi) is 6.14. The zero-order valence-corrected chi connectivity index (χ0v) is 20.1. The minimum atomic E-state index is 0.539. The van der Waals surface area contributed by atoms with E-state index in [4.69, 9.17) is 9.72 Å². The van der Waals surface area contributed by atoms with Gasteiger partial charge in [0.15, 0.2) is 0 Å². The van der Waals surface area contributed by atoms with Crippen molar-refractivity contribution in [3.8, 4) is 17.1 Å². The minimum absolute atomic E-state index is 0.539. The lowest BCUT2D eigenvalue weighted by Crippen LogP contribution is -2.10. The Labute approximate surface area is 204 Å². The molecule has 1 aliphatic heterocycles. The van der Waals surface area contributed by atoms with Gasteiger partial charge in [-0.05, 0) is 73.4 Å². The molecule has 0 saturated carbocycles. The molecule has 0 saturated heterocycles. The van der Waals surface area contributed by atoms with Crippen molar-refractivity contribution in [3.05, 3.63) is 76.9 Å². The minimum Gasteiger partial charge on any atom is -0.497 e. The first kappa shape index (κ1) is 22.5. The zero-order chi connectivity index (χ0) is 24.4. The highest BCUT2D eigenvalue weighted by Gasteiger charge is 2.17. The molecule has 5 rings (SSSR count). The van der Waals surface area contributed by atoms with Crippen LogP contribution in [-0.2, 0) is 11.2 Å². The number of aromatic nitrogens is 2. The predicted octanol–water partition coefficient (Wildman–Crippen LogP) is 5.41. The highest BCUT2D eigenvalue weighted by Crippen LogP contribution is 2.29. The Balaban J connectivity index is 1.38. The van der Waals surface area contributed by atoms with E-state index in [1.165, 1.54) is 5.56 Å². The van der Waals surface area contributed by atoms with Gasteiger partial charge in [-0.15, -0.1) is 0 Å². The van der Waals surface area contributed by atoms with Crippen molar-refractivity contribution in [2.45, 2.75) is 33.1 Å². The SMILES string of the molecule is COc1ccc(N=C2CC(c3ccc4nc(-c5c(C)cc(CCC=O)cc5C)[nH]c4c3)=NN2)cc1. The van der Waals surface area contributed by atoms with Crippen LogP contribution in [0.25, 0.3) is 22.4 Å². The maximum atomic E-state index is 10.7. The van der Waals surface area contributed by atoms with E-state index in [0.29, 0.717) is 12.8 Å². The quantitative estimate of drug-likeness (QED) is 0.357. The molecule has 0 radical (unpaired) electrons. The summed E-state index contributed by atoms with van der Waals surface area (Å²) >= 11 is 0. The summed E-state index contributed by atoms with van der Waals surface area (Å²) in [6.45, 7) is 4.18. The van der Waals surface area contributed by atoms with E-state index < -0.39 is 0 Å². The van der Waals surface area contributed by atoms with Crippen molar-refractivity contribution >= 4 is 34.6 Å². The maximum absolute atomic E-state index is 10.7. The van der Waals surface area contributed by atoms with E-state index in [2.05, 4.69) is 52.6 Å². The highest BCUT2D eigenvalue weighted by molar-refractivity contribution is 6.16. The van der Waals surface area contributed by atoms with Gasteiger partial charge in [-0.1, -0.05) is 18.2 Å². The first-order valence-electron chi connectivity index (χ1n) is 11.6. The van der Waals surface area contributed by atoms with Crippen molar-refractivity contribution < 1.29 is 9.53 Å². The maximum Gasteiger partial charge on any atom is 0.139 e. The van der Waals surface area contributed by atoms with Crippen molar-refractivity contribution in [2.75, 3.05) is 7.11 Å². The number of carbonyl (C=O) groups is 1. The van der Waals surface area contributed by atoms with Crippen molar-refractivity contribution in [3.63, 3.8) is 0 Å². The third kappa shape index (κ3) is 4.71. The summed E-state index contributed by atoms with van der Waals surface area (Å²) in [5.41, 5.74) is 12.3. The first-order chi connectivity index (χ1) is 17.0. The average Bonchev–Trinajstić information content (AvgIpc) is 3.49. The number of carbonyl (C=O) groups excluding carboxylic acids is 1. The molecular formula is C28H27N5O2. The Bertz CT molecular complexity index is 1440.